The zero-order valence-corrected chi connectivity index (χ0v) is 23.7. The molecule has 0 radical (unpaired) electrons. The second-order valence-electron chi connectivity index (χ2n) is 7.11. The molecule has 4 rings (SSSR count). The molecule has 1 aromatic heterocycles. The van der Waals surface area contributed by atoms with Crippen molar-refractivity contribution in [3.05, 3.63) is 99.8 Å². The van der Waals surface area contributed by atoms with Gasteiger partial charge in [-0.3, -0.25) is 4.79 Å². The van der Waals surface area contributed by atoms with E-state index >= 15 is 0 Å². The standard InChI is InChI=1S/C24H17Br4N3O2/c1-2-23-30-21-7-5-17(26)10-19(21)24(32)31(23)29-12-15-9-16(25)6-8-22(15)33-13-14-3-4-18(27)11-20(14)28/h3-12H,2,13H2,1H3. The SMILES string of the molecule is CCc1nc2ccc(Br)cc2c(=O)n1N=Cc1cc(Br)ccc1OCc1ccc(Br)cc1Br. The van der Waals surface area contributed by atoms with Gasteiger partial charge in [-0.1, -0.05) is 76.7 Å². The Hall–Kier alpha value is -1.81. The minimum absolute atomic E-state index is 0.217. The van der Waals surface area contributed by atoms with Crippen LogP contribution < -0.4 is 10.3 Å². The fourth-order valence-electron chi connectivity index (χ4n) is 3.21. The van der Waals surface area contributed by atoms with Crippen LogP contribution in [-0.4, -0.2) is 15.9 Å². The highest BCUT2D eigenvalue weighted by Gasteiger charge is 2.11. The monoisotopic (exact) mass is 695 g/mol. The molecule has 0 saturated heterocycles. The zero-order valence-electron chi connectivity index (χ0n) is 17.4. The molecule has 9 heteroatoms. The third kappa shape index (κ3) is 5.65. The van der Waals surface area contributed by atoms with Crippen molar-refractivity contribution >= 4 is 80.8 Å². The van der Waals surface area contributed by atoms with Crippen LogP contribution in [0.2, 0.25) is 0 Å². The first-order valence-electron chi connectivity index (χ1n) is 9.97. The van der Waals surface area contributed by atoms with Crippen molar-refractivity contribution in [2.45, 2.75) is 20.0 Å². The lowest BCUT2D eigenvalue weighted by Gasteiger charge is -2.12. The van der Waals surface area contributed by atoms with Crippen molar-refractivity contribution in [1.29, 1.82) is 0 Å². The van der Waals surface area contributed by atoms with Gasteiger partial charge in [0.2, 0.25) is 0 Å². The van der Waals surface area contributed by atoms with Crippen molar-refractivity contribution in [1.82, 2.24) is 9.66 Å². The van der Waals surface area contributed by atoms with E-state index in [1.165, 1.54) is 4.68 Å². The second-order valence-corrected chi connectivity index (χ2v) is 10.7. The molecule has 0 N–H and O–H groups in total. The van der Waals surface area contributed by atoms with E-state index in [4.69, 9.17) is 4.74 Å². The van der Waals surface area contributed by atoms with Crippen molar-refractivity contribution < 1.29 is 4.74 Å². The van der Waals surface area contributed by atoms with Gasteiger partial charge in [-0.05, 0) is 48.5 Å². The highest BCUT2D eigenvalue weighted by Crippen LogP contribution is 2.26. The lowest BCUT2D eigenvalue weighted by molar-refractivity contribution is 0.305. The van der Waals surface area contributed by atoms with E-state index in [1.807, 2.05) is 55.5 Å². The van der Waals surface area contributed by atoms with Crippen LogP contribution in [0.25, 0.3) is 10.9 Å². The molecule has 0 atom stereocenters. The van der Waals surface area contributed by atoms with Gasteiger partial charge < -0.3 is 4.74 Å². The normalized spacial score (nSPS) is 11.4. The Morgan fingerprint density at radius 3 is 2.42 bits per heavy atom. The van der Waals surface area contributed by atoms with Gasteiger partial charge in [-0.15, -0.1) is 0 Å². The quantitative estimate of drug-likeness (QED) is 0.197. The predicted octanol–water partition coefficient (Wildman–Crippen LogP) is 7.47. The molecule has 0 bridgehead atoms. The number of benzene rings is 3. The van der Waals surface area contributed by atoms with E-state index in [0.29, 0.717) is 35.5 Å². The minimum atomic E-state index is -0.217. The molecule has 0 amide bonds. The lowest BCUT2D eigenvalue weighted by Crippen LogP contribution is -2.22. The Morgan fingerprint density at radius 2 is 1.67 bits per heavy atom. The first kappa shape index (κ1) is 24.3. The number of rotatable bonds is 6. The van der Waals surface area contributed by atoms with Crippen LogP contribution in [0.15, 0.2) is 82.4 Å². The smallest absolute Gasteiger partial charge is 0.282 e. The largest absolute Gasteiger partial charge is 0.488 e. The molecule has 0 aliphatic rings. The summed E-state index contributed by atoms with van der Waals surface area (Å²) < 4.78 is 11.1. The average Bonchev–Trinajstić information content (AvgIpc) is 2.79. The third-order valence-corrected chi connectivity index (χ3v) is 7.09. The Bertz CT molecular complexity index is 1430. The van der Waals surface area contributed by atoms with Gasteiger partial charge in [-0.25, -0.2) is 4.98 Å². The van der Waals surface area contributed by atoms with Crippen LogP contribution >= 0.6 is 63.7 Å². The minimum Gasteiger partial charge on any atom is -0.488 e. The summed E-state index contributed by atoms with van der Waals surface area (Å²) in [4.78, 5) is 17.8. The molecule has 0 fully saturated rings. The summed E-state index contributed by atoms with van der Waals surface area (Å²) in [5, 5.41) is 5.00. The summed E-state index contributed by atoms with van der Waals surface area (Å²) in [6.45, 7) is 2.32. The number of nitrogens with zero attached hydrogens (tertiary/aromatic N) is 3. The Labute approximate surface area is 224 Å². The van der Waals surface area contributed by atoms with E-state index in [0.717, 1.165) is 29.0 Å². The summed E-state index contributed by atoms with van der Waals surface area (Å²) >= 11 is 14.0. The van der Waals surface area contributed by atoms with Gasteiger partial charge in [0.15, 0.2) is 0 Å². The van der Waals surface area contributed by atoms with Gasteiger partial charge in [0.25, 0.3) is 5.56 Å². The van der Waals surface area contributed by atoms with Crippen LogP contribution in [0.5, 0.6) is 5.75 Å². The molecule has 1 heterocycles. The summed E-state index contributed by atoms with van der Waals surface area (Å²) in [6, 6.07) is 17.1. The van der Waals surface area contributed by atoms with E-state index in [1.54, 1.807) is 12.3 Å². The van der Waals surface area contributed by atoms with E-state index in [2.05, 4.69) is 73.8 Å². The molecule has 0 saturated carbocycles. The number of aryl methyl sites for hydroxylation is 1. The van der Waals surface area contributed by atoms with E-state index in [9.17, 15) is 4.79 Å². The molecule has 0 aliphatic carbocycles. The molecule has 0 spiro atoms. The predicted molar refractivity (Wildman–Crippen MR) is 146 cm³/mol. The summed E-state index contributed by atoms with van der Waals surface area (Å²) in [7, 11) is 0. The molecular formula is C24H17Br4N3O2. The average molecular weight is 699 g/mol. The fourth-order valence-corrected chi connectivity index (χ4v) is 5.11. The summed E-state index contributed by atoms with van der Waals surface area (Å²) in [5.74, 6) is 1.24. The number of hydrogen-bond donors (Lipinski definition) is 0. The van der Waals surface area contributed by atoms with Gasteiger partial charge in [0, 0.05) is 35.4 Å². The Morgan fingerprint density at radius 1 is 0.970 bits per heavy atom. The number of ether oxygens (including phenoxy) is 1. The van der Waals surface area contributed by atoms with Crippen molar-refractivity contribution in [2.24, 2.45) is 5.10 Å². The van der Waals surface area contributed by atoms with Crippen LogP contribution in [0.4, 0.5) is 0 Å². The Kier molecular flexibility index (Phi) is 7.83. The molecule has 3 aromatic carbocycles. The first-order valence-corrected chi connectivity index (χ1v) is 13.1. The van der Waals surface area contributed by atoms with Crippen LogP contribution in [0.3, 0.4) is 0 Å². The summed E-state index contributed by atoms with van der Waals surface area (Å²) in [5.41, 5.74) is 2.18. The van der Waals surface area contributed by atoms with Gasteiger partial charge in [0.1, 0.15) is 18.2 Å². The molecule has 0 aliphatic heterocycles. The molecular weight excluding hydrogens is 682 g/mol. The molecule has 5 nitrogen and oxygen atoms in total. The highest BCUT2D eigenvalue weighted by molar-refractivity contribution is 9.11. The van der Waals surface area contributed by atoms with Crippen LogP contribution in [0, 0.1) is 0 Å². The van der Waals surface area contributed by atoms with Crippen LogP contribution in [0.1, 0.15) is 23.9 Å². The fraction of sp³-hybridized carbons (Fsp3) is 0.125. The van der Waals surface area contributed by atoms with Crippen molar-refractivity contribution in [2.75, 3.05) is 0 Å². The van der Waals surface area contributed by atoms with Crippen LogP contribution in [-0.2, 0) is 13.0 Å². The number of aromatic nitrogens is 2. The molecule has 168 valence electrons. The zero-order chi connectivity index (χ0) is 23.5. The number of halogens is 4. The van der Waals surface area contributed by atoms with E-state index in [-0.39, 0.29) is 5.56 Å². The first-order chi connectivity index (χ1) is 15.9. The maximum Gasteiger partial charge on any atom is 0.282 e. The molecule has 0 unspecified atom stereocenters. The lowest BCUT2D eigenvalue weighted by atomic mass is 10.2. The summed E-state index contributed by atoms with van der Waals surface area (Å²) in [6.07, 6.45) is 2.20. The van der Waals surface area contributed by atoms with E-state index < -0.39 is 0 Å². The van der Waals surface area contributed by atoms with Crippen molar-refractivity contribution in [3.63, 3.8) is 0 Å². The maximum absolute atomic E-state index is 13.1. The number of fused-ring (bicyclic) bond motifs is 1. The second kappa shape index (κ2) is 10.6. The highest BCUT2D eigenvalue weighted by atomic mass is 79.9. The van der Waals surface area contributed by atoms with Gasteiger partial charge in [-0.2, -0.15) is 9.78 Å². The molecule has 33 heavy (non-hydrogen) atoms. The maximum atomic E-state index is 13.1. The van der Waals surface area contributed by atoms with Gasteiger partial charge in [0.05, 0.1) is 17.1 Å². The number of hydrogen-bond acceptors (Lipinski definition) is 4. The van der Waals surface area contributed by atoms with Gasteiger partial charge >= 0.3 is 0 Å². The molecule has 4 aromatic rings. The topological polar surface area (TPSA) is 56.5 Å². The van der Waals surface area contributed by atoms with Crippen molar-refractivity contribution in [3.8, 4) is 5.75 Å². The third-order valence-electron chi connectivity index (χ3n) is 4.87. The Balaban J connectivity index is 1.70.